The van der Waals surface area contributed by atoms with E-state index < -0.39 is 6.10 Å². The lowest BCUT2D eigenvalue weighted by Gasteiger charge is -2.13. The predicted molar refractivity (Wildman–Crippen MR) is 89.6 cm³/mol. The second-order valence-electron chi connectivity index (χ2n) is 4.94. The van der Waals surface area contributed by atoms with Crippen LogP contribution < -0.4 is 4.74 Å². The molecule has 112 valence electrons. The van der Waals surface area contributed by atoms with E-state index in [9.17, 15) is 5.11 Å². The Kier molecular flexibility index (Phi) is 5.97. The van der Waals surface area contributed by atoms with Crippen molar-refractivity contribution < 1.29 is 9.84 Å². The number of aliphatic hydroxyl groups excluding tert-OH is 1. The summed E-state index contributed by atoms with van der Waals surface area (Å²) >= 11 is 7.65. The van der Waals surface area contributed by atoms with Crippen LogP contribution in [0.2, 0.25) is 5.02 Å². The van der Waals surface area contributed by atoms with E-state index in [-0.39, 0.29) is 0 Å². The number of benzene rings is 2. The molecule has 0 heterocycles. The SMILES string of the molecule is COc1ccc(Cl)cc1CC(O)CSc1ccc(C)cc1. The number of aryl methyl sites for hydroxylation is 1. The second-order valence-corrected chi connectivity index (χ2v) is 6.47. The van der Waals surface area contributed by atoms with Gasteiger partial charge in [0.05, 0.1) is 13.2 Å². The summed E-state index contributed by atoms with van der Waals surface area (Å²) in [7, 11) is 1.63. The first kappa shape index (κ1) is 16.2. The summed E-state index contributed by atoms with van der Waals surface area (Å²) in [6.07, 6.45) is 0.0893. The summed E-state index contributed by atoms with van der Waals surface area (Å²) < 4.78 is 5.30. The van der Waals surface area contributed by atoms with Crippen LogP contribution in [0.1, 0.15) is 11.1 Å². The molecule has 2 rings (SSSR count). The van der Waals surface area contributed by atoms with Crippen LogP contribution in [0.3, 0.4) is 0 Å². The van der Waals surface area contributed by atoms with Crippen molar-refractivity contribution in [2.75, 3.05) is 12.9 Å². The van der Waals surface area contributed by atoms with Crippen LogP contribution >= 0.6 is 23.4 Å². The highest BCUT2D eigenvalue weighted by Crippen LogP contribution is 2.26. The molecule has 1 unspecified atom stereocenters. The zero-order chi connectivity index (χ0) is 15.2. The van der Waals surface area contributed by atoms with Gasteiger partial charge in [0.2, 0.25) is 0 Å². The van der Waals surface area contributed by atoms with Gasteiger partial charge in [-0.1, -0.05) is 29.3 Å². The number of ether oxygens (including phenoxy) is 1. The first-order valence-electron chi connectivity index (χ1n) is 6.78. The van der Waals surface area contributed by atoms with Crippen LogP contribution in [-0.4, -0.2) is 24.1 Å². The van der Waals surface area contributed by atoms with Gasteiger partial charge in [0.25, 0.3) is 0 Å². The normalized spacial score (nSPS) is 12.2. The van der Waals surface area contributed by atoms with Gasteiger partial charge in [-0.2, -0.15) is 0 Å². The molecule has 0 aliphatic rings. The molecule has 0 aliphatic heterocycles. The van der Waals surface area contributed by atoms with Gasteiger partial charge < -0.3 is 9.84 Å². The van der Waals surface area contributed by atoms with Crippen molar-refractivity contribution in [2.24, 2.45) is 0 Å². The smallest absolute Gasteiger partial charge is 0.122 e. The van der Waals surface area contributed by atoms with Crippen LogP contribution in [0.5, 0.6) is 5.75 Å². The summed E-state index contributed by atoms with van der Waals surface area (Å²) in [5, 5.41) is 10.9. The number of hydrogen-bond donors (Lipinski definition) is 1. The number of halogens is 1. The van der Waals surface area contributed by atoms with E-state index in [2.05, 4.69) is 31.2 Å². The monoisotopic (exact) mass is 322 g/mol. The maximum Gasteiger partial charge on any atom is 0.122 e. The van der Waals surface area contributed by atoms with Crippen LogP contribution in [0.4, 0.5) is 0 Å². The minimum Gasteiger partial charge on any atom is -0.496 e. The lowest BCUT2D eigenvalue weighted by molar-refractivity contribution is 0.199. The van der Waals surface area contributed by atoms with Crippen molar-refractivity contribution in [3.8, 4) is 5.75 Å². The number of thioether (sulfide) groups is 1. The molecule has 2 aromatic carbocycles. The summed E-state index contributed by atoms with van der Waals surface area (Å²) in [5.74, 6) is 1.40. The molecule has 0 saturated carbocycles. The van der Waals surface area contributed by atoms with Crippen molar-refractivity contribution in [2.45, 2.75) is 24.3 Å². The Bertz CT molecular complexity index is 584. The Morgan fingerprint density at radius 3 is 2.57 bits per heavy atom. The van der Waals surface area contributed by atoms with Gasteiger partial charge in [-0.05, 0) is 42.8 Å². The van der Waals surface area contributed by atoms with E-state index in [0.29, 0.717) is 17.2 Å². The zero-order valence-corrected chi connectivity index (χ0v) is 13.7. The predicted octanol–water partition coefficient (Wildman–Crippen LogP) is 4.35. The van der Waals surface area contributed by atoms with Gasteiger partial charge in [-0.25, -0.2) is 0 Å². The molecule has 0 aliphatic carbocycles. The molecular formula is C17H19ClO2S. The summed E-state index contributed by atoms with van der Waals surface area (Å²) in [4.78, 5) is 1.16. The van der Waals surface area contributed by atoms with E-state index in [1.165, 1.54) is 5.56 Å². The topological polar surface area (TPSA) is 29.5 Å². The first-order valence-corrected chi connectivity index (χ1v) is 8.15. The van der Waals surface area contributed by atoms with Gasteiger partial charge >= 0.3 is 0 Å². The van der Waals surface area contributed by atoms with Crippen LogP contribution in [0, 0.1) is 6.92 Å². The Morgan fingerprint density at radius 1 is 1.19 bits per heavy atom. The second kappa shape index (κ2) is 7.74. The standard InChI is InChI=1S/C17H19ClO2S/c1-12-3-6-16(7-4-12)21-11-15(19)10-13-9-14(18)5-8-17(13)20-2/h3-9,15,19H,10-11H2,1-2H3. The highest BCUT2D eigenvalue weighted by atomic mass is 35.5. The molecule has 21 heavy (non-hydrogen) atoms. The van der Waals surface area contributed by atoms with Crippen LogP contribution in [0.15, 0.2) is 47.4 Å². The van der Waals surface area contributed by atoms with Gasteiger partial charge in [-0.15, -0.1) is 11.8 Å². The highest BCUT2D eigenvalue weighted by molar-refractivity contribution is 7.99. The molecule has 2 nitrogen and oxygen atoms in total. The average molecular weight is 323 g/mol. The quantitative estimate of drug-likeness (QED) is 0.802. The van der Waals surface area contributed by atoms with Crippen LogP contribution in [-0.2, 0) is 6.42 Å². The lowest BCUT2D eigenvalue weighted by atomic mass is 10.1. The first-order chi connectivity index (χ1) is 10.1. The highest BCUT2D eigenvalue weighted by Gasteiger charge is 2.11. The van der Waals surface area contributed by atoms with E-state index in [4.69, 9.17) is 16.3 Å². The molecule has 0 spiro atoms. The Hall–Kier alpha value is -1.16. The van der Waals surface area contributed by atoms with Gasteiger partial charge in [0, 0.05) is 22.1 Å². The van der Waals surface area contributed by atoms with Crippen molar-refractivity contribution >= 4 is 23.4 Å². The van der Waals surface area contributed by atoms with E-state index >= 15 is 0 Å². The summed E-state index contributed by atoms with van der Waals surface area (Å²) in [6.45, 7) is 2.06. The van der Waals surface area contributed by atoms with Gasteiger partial charge in [0.15, 0.2) is 0 Å². The Morgan fingerprint density at radius 2 is 1.90 bits per heavy atom. The van der Waals surface area contributed by atoms with Crippen LogP contribution in [0.25, 0.3) is 0 Å². The number of hydrogen-bond acceptors (Lipinski definition) is 3. The zero-order valence-electron chi connectivity index (χ0n) is 12.2. The van der Waals surface area contributed by atoms with E-state index in [1.54, 1.807) is 24.9 Å². The molecular weight excluding hydrogens is 304 g/mol. The fourth-order valence-electron chi connectivity index (χ4n) is 2.05. The number of rotatable bonds is 6. The minimum atomic E-state index is -0.441. The number of aliphatic hydroxyl groups is 1. The molecule has 2 aromatic rings. The molecule has 1 N–H and O–H groups in total. The maximum atomic E-state index is 10.2. The van der Waals surface area contributed by atoms with Crippen molar-refractivity contribution in [3.63, 3.8) is 0 Å². The van der Waals surface area contributed by atoms with E-state index in [0.717, 1.165) is 16.2 Å². The third kappa shape index (κ3) is 4.95. The van der Waals surface area contributed by atoms with Crippen molar-refractivity contribution in [3.05, 3.63) is 58.6 Å². The third-order valence-corrected chi connectivity index (χ3v) is 4.55. The minimum absolute atomic E-state index is 0.441. The van der Waals surface area contributed by atoms with Crippen molar-refractivity contribution in [1.82, 2.24) is 0 Å². The Labute approximate surface area is 135 Å². The molecule has 0 fully saturated rings. The van der Waals surface area contributed by atoms with Gasteiger partial charge in [0.1, 0.15) is 5.75 Å². The average Bonchev–Trinajstić information content (AvgIpc) is 2.47. The largest absolute Gasteiger partial charge is 0.496 e. The molecule has 1 atom stereocenters. The molecule has 0 aromatic heterocycles. The van der Waals surface area contributed by atoms with Crippen molar-refractivity contribution in [1.29, 1.82) is 0 Å². The van der Waals surface area contributed by atoms with E-state index in [1.807, 2.05) is 12.1 Å². The number of methoxy groups -OCH3 is 1. The molecule has 0 saturated heterocycles. The lowest BCUT2D eigenvalue weighted by Crippen LogP contribution is -2.14. The molecule has 0 bridgehead atoms. The maximum absolute atomic E-state index is 10.2. The third-order valence-electron chi connectivity index (χ3n) is 3.16. The molecule has 4 heteroatoms. The fourth-order valence-corrected chi connectivity index (χ4v) is 3.07. The summed E-state index contributed by atoms with van der Waals surface area (Å²) in [5.41, 5.74) is 2.17. The molecule has 0 amide bonds. The Balaban J connectivity index is 1.94. The summed E-state index contributed by atoms with van der Waals surface area (Å²) in [6, 6.07) is 13.8. The molecule has 0 radical (unpaired) electrons. The van der Waals surface area contributed by atoms with Gasteiger partial charge in [-0.3, -0.25) is 0 Å². The fraction of sp³-hybridized carbons (Fsp3) is 0.294.